The molecule has 0 spiro atoms. The van der Waals surface area contributed by atoms with Crippen LogP contribution < -0.4 is 4.75 Å². The van der Waals surface area contributed by atoms with Crippen molar-refractivity contribution in [3.05, 3.63) is 11.1 Å². The molecule has 0 aromatic carbocycles. The first kappa shape index (κ1) is 6.18. The fraction of sp³-hybridized carbons (Fsp3) is 0.400. The molecule has 0 aliphatic carbocycles. The lowest BCUT2D eigenvalue weighted by atomic mass is 10.4. The molecule has 44 valence electrons. The molecule has 1 aromatic rings. The van der Waals surface area contributed by atoms with Crippen LogP contribution in [0.25, 0.3) is 0 Å². The van der Waals surface area contributed by atoms with E-state index in [2.05, 4.69) is 26.5 Å². The van der Waals surface area contributed by atoms with Crippen molar-refractivity contribution < 1.29 is 0 Å². The van der Waals surface area contributed by atoms with Crippen molar-refractivity contribution >= 4 is 25.3 Å². The highest BCUT2D eigenvalue weighted by Crippen LogP contribution is 2.01. The van der Waals surface area contributed by atoms with Crippen molar-refractivity contribution in [3.63, 3.8) is 0 Å². The van der Waals surface area contributed by atoms with Gasteiger partial charge in [0, 0.05) is 5.38 Å². The summed E-state index contributed by atoms with van der Waals surface area (Å²) < 4.78 is 1.09. The first-order valence-corrected chi connectivity index (χ1v) is 3.98. The Hall–Kier alpha value is 0.0600. The molecule has 0 fully saturated rings. The Morgan fingerprint density at radius 1 is 1.88 bits per heavy atom. The highest BCUT2D eigenvalue weighted by atomic mass is 32.1. The Bertz CT molecular complexity index is 173. The van der Waals surface area contributed by atoms with Gasteiger partial charge in [0.15, 0.2) is 0 Å². The van der Waals surface area contributed by atoms with Crippen LogP contribution in [0.4, 0.5) is 0 Å². The lowest BCUT2D eigenvalue weighted by molar-refractivity contribution is 1.07. The molecular formula is C5H8NPS. The second-order valence-electron chi connectivity index (χ2n) is 1.53. The second-order valence-corrected chi connectivity index (χ2v) is 3.39. The van der Waals surface area contributed by atoms with Gasteiger partial charge < -0.3 is 0 Å². The Labute approximate surface area is 55.4 Å². The van der Waals surface area contributed by atoms with E-state index in [0.717, 1.165) is 11.2 Å². The molecule has 1 atom stereocenters. The Morgan fingerprint density at radius 2 is 2.62 bits per heavy atom. The summed E-state index contributed by atoms with van der Waals surface area (Å²) >= 11 is 1.68. The molecule has 1 unspecified atom stereocenters. The van der Waals surface area contributed by atoms with Gasteiger partial charge >= 0.3 is 0 Å². The van der Waals surface area contributed by atoms with Crippen LogP contribution in [0.5, 0.6) is 0 Å². The van der Waals surface area contributed by atoms with Crippen LogP contribution >= 0.6 is 20.6 Å². The topological polar surface area (TPSA) is 12.9 Å². The highest BCUT2D eigenvalue weighted by Gasteiger charge is 1.91. The number of hydrogen-bond acceptors (Lipinski definition) is 2. The van der Waals surface area contributed by atoms with Gasteiger partial charge in [-0.2, -0.15) is 0 Å². The van der Waals surface area contributed by atoms with Crippen molar-refractivity contribution in [3.8, 4) is 0 Å². The van der Waals surface area contributed by atoms with Crippen molar-refractivity contribution in [2.75, 3.05) is 0 Å². The maximum absolute atomic E-state index is 4.21. The molecule has 1 rings (SSSR count). The van der Waals surface area contributed by atoms with E-state index >= 15 is 0 Å². The average Bonchev–Trinajstić information content (AvgIpc) is 2.14. The van der Waals surface area contributed by atoms with Crippen LogP contribution in [-0.4, -0.2) is 4.98 Å². The molecule has 0 saturated carbocycles. The van der Waals surface area contributed by atoms with E-state index in [1.54, 1.807) is 11.3 Å². The minimum atomic E-state index is 1.05. The summed E-state index contributed by atoms with van der Waals surface area (Å²) in [4.78, 5) is 4.21. The highest BCUT2D eigenvalue weighted by molar-refractivity contribution is 7.42. The predicted molar refractivity (Wildman–Crippen MR) is 40.8 cm³/mol. The summed E-state index contributed by atoms with van der Waals surface area (Å²) in [6.45, 7) is 2.11. The average molecular weight is 145 g/mol. The number of thiazole rings is 1. The van der Waals surface area contributed by atoms with Gasteiger partial charge in [0.25, 0.3) is 0 Å². The molecule has 8 heavy (non-hydrogen) atoms. The SMILES string of the molecule is CCc1csc(P)n1. The molecule has 0 N–H and O–H groups in total. The van der Waals surface area contributed by atoms with Crippen molar-refractivity contribution in [2.24, 2.45) is 0 Å². The van der Waals surface area contributed by atoms with Gasteiger partial charge in [-0.05, 0) is 6.42 Å². The second kappa shape index (κ2) is 2.56. The third kappa shape index (κ3) is 1.27. The molecule has 1 nitrogen and oxygen atoms in total. The summed E-state index contributed by atoms with van der Waals surface area (Å²) in [6, 6.07) is 0. The number of aromatic nitrogens is 1. The molecular weight excluding hydrogens is 137 g/mol. The first-order chi connectivity index (χ1) is 3.83. The van der Waals surface area contributed by atoms with Gasteiger partial charge in [-0.1, -0.05) is 16.2 Å². The summed E-state index contributed by atoms with van der Waals surface area (Å²) in [5, 5.41) is 2.09. The van der Waals surface area contributed by atoms with Crippen molar-refractivity contribution in [1.29, 1.82) is 0 Å². The quantitative estimate of drug-likeness (QED) is 0.541. The number of hydrogen-bond donors (Lipinski definition) is 0. The van der Waals surface area contributed by atoms with E-state index < -0.39 is 0 Å². The van der Waals surface area contributed by atoms with Gasteiger partial charge in [-0.25, -0.2) is 4.98 Å². The summed E-state index contributed by atoms with van der Waals surface area (Å²) in [5.41, 5.74) is 1.19. The minimum Gasteiger partial charge on any atom is -0.242 e. The molecule has 1 heterocycles. The Balaban J connectivity index is 2.84. The number of rotatable bonds is 1. The third-order valence-corrected chi connectivity index (χ3v) is 2.19. The normalized spacial score (nSPS) is 9.75. The lowest BCUT2D eigenvalue weighted by Crippen LogP contribution is -1.87. The molecule has 3 heteroatoms. The number of aryl methyl sites for hydroxylation is 1. The van der Waals surface area contributed by atoms with E-state index in [4.69, 9.17) is 0 Å². The monoisotopic (exact) mass is 145 g/mol. The summed E-state index contributed by atoms with van der Waals surface area (Å²) in [6.07, 6.45) is 1.05. The first-order valence-electron chi connectivity index (χ1n) is 2.53. The van der Waals surface area contributed by atoms with Gasteiger partial charge in [0.1, 0.15) is 4.75 Å². The molecule has 0 saturated heterocycles. The van der Waals surface area contributed by atoms with Crippen LogP contribution in [0.15, 0.2) is 5.38 Å². The fourth-order valence-corrected chi connectivity index (χ4v) is 1.50. The van der Waals surface area contributed by atoms with Gasteiger partial charge in [0.05, 0.1) is 5.69 Å². The van der Waals surface area contributed by atoms with E-state index in [1.165, 1.54) is 5.69 Å². The standard InChI is InChI=1S/C5H8NPS/c1-2-4-3-8-5(7)6-4/h3H,2,7H2,1H3. The van der Waals surface area contributed by atoms with E-state index in [1.807, 2.05) is 0 Å². The zero-order chi connectivity index (χ0) is 5.98. The Morgan fingerprint density at radius 3 is 2.88 bits per heavy atom. The van der Waals surface area contributed by atoms with Crippen LogP contribution in [0.1, 0.15) is 12.6 Å². The molecule has 1 aromatic heterocycles. The largest absolute Gasteiger partial charge is 0.242 e. The van der Waals surface area contributed by atoms with Crippen LogP contribution in [0.3, 0.4) is 0 Å². The van der Waals surface area contributed by atoms with Crippen LogP contribution in [0, 0.1) is 0 Å². The van der Waals surface area contributed by atoms with Crippen molar-refractivity contribution in [1.82, 2.24) is 4.98 Å². The number of nitrogens with zero attached hydrogens (tertiary/aromatic N) is 1. The minimum absolute atomic E-state index is 1.05. The molecule has 0 aliphatic rings. The van der Waals surface area contributed by atoms with Gasteiger partial charge in [-0.15, -0.1) is 11.3 Å². The van der Waals surface area contributed by atoms with Gasteiger partial charge in [-0.3, -0.25) is 0 Å². The molecule has 0 amide bonds. The zero-order valence-corrected chi connectivity index (χ0v) is 6.69. The smallest absolute Gasteiger partial charge is 0.109 e. The van der Waals surface area contributed by atoms with Crippen LogP contribution in [0.2, 0.25) is 0 Å². The summed E-state index contributed by atoms with van der Waals surface area (Å²) in [7, 11) is 2.59. The molecule has 0 radical (unpaired) electrons. The summed E-state index contributed by atoms with van der Waals surface area (Å²) in [5.74, 6) is 0. The van der Waals surface area contributed by atoms with E-state index in [0.29, 0.717) is 0 Å². The fourth-order valence-electron chi connectivity index (χ4n) is 0.485. The van der Waals surface area contributed by atoms with Crippen molar-refractivity contribution in [2.45, 2.75) is 13.3 Å². The lowest BCUT2D eigenvalue weighted by Gasteiger charge is -1.79. The van der Waals surface area contributed by atoms with Crippen LogP contribution in [-0.2, 0) is 6.42 Å². The third-order valence-electron chi connectivity index (χ3n) is 0.932. The maximum Gasteiger partial charge on any atom is 0.109 e. The predicted octanol–water partition coefficient (Wildman–Crippen LogP) is 1.21. The van der Waals surface area contributed by atoms with E-state index in [-0.39, 0.29) is 0 Å². The molecule has 0 aliphatic heterocycles. The zero-order valence-electron chi connectivity index (χ0n) is 4.72. The maximum atomic E-state index is 4.21. The molecule has 0 bridgehead atoms. The van der Waals surface area contributed by atoms with Gasteiger partial charge in [0.2, 0.25) is 0 Å². The van der Waals surface area contributed by atoms with E-state index in [9.17, 15) is 0 Å². The Kier molecular flexibility index (Phi) is 1.98.